The summed E-state index contributed by atoms with van der Waals surface area (Å²) < 4.78 is 0. The fourth-order valence-corrected chi connectivity index (χ4v) is 2.93. The Morgan fingerprint density at radius 3 is 2.50 bits per heavy atom. The molecule has 1 amide bonds. The molecule has 8 nitrogen and oxygen atoms in total. The minimum absolute atomic E-state index is 0.255. The number of nitriles is 1. The lowest BCUT2D eigenvalue weighted by atomic mass is 10.1. The van der Waals surface area contributed by atoms with Crippen LogP contribution in [0.15, 0.2) is 48.9 Å². The van der Waals surface area contributed by atoms with Crippen LogP contribution < -0.4 is 11.1 Å². The van der Waals surface area contributed by atoms with Gasteiger partial charge in [0.05, 0.1) is 40.3 Å². The lowest BCUT2D eigenvalue weighted by Gasteiger charge is -2.06. The number of aryl methyl sites for hydroxylation is 2. The molecule has 0 radical (unpaired) electrons. The number of nitrogens with one attached hydrogen (secondary N) is 1. The zero-order valence-corrected chi connectivity index (χ0v) is 17.3. The number of fused-ring (bicyclic) bond motifs is 1. The Bertz CT molecular complexity index is 1460. The van der Waals surface area contributed by atoms with Gasteiger partial charge >= 0.3 is 0 Å². The zero-order valence-electron chi connectivity index (χ0n) is 17.3. The molecule has 0 saturated heterocycles. The van der Waals surface area contributed by atoms with Gasteiger partial charge in [0, 0.05) is 23.6 Å². The minimum Gasteiger partial charge on any atom is -0.383 e. The van der Waals surface area contributed by atoms with Crippen LogP contribution in [0.5, 0.6) is 0 Å². The van der Waals surface area contributed by atoms with Crippen LogP contribution in [0.1, 0.15) is 38.4 Å². The van der Waals surface area contributed by atoms with Crippen molar-refractivity contribution >= 4 is 28.4 Å². The van der Waals surface area contributed by atoms with Gasteiger partial charge in [0.25, 0.3) is 5.91 Å². The van der Waals surface area contributed by atoms with Gasteiger partial charge in [-0.15, -0.1) is 0 Å². The maximum Gasteiger partial charge on any atom is 0.257 e. The van der Waals surface area contributed by atoms with Gasteiger partial charge in [-0.2, -0.15) is 5.26 Å². The highest BCUT2D eigenvalue weighted by atomic mass is 16.1. The predicted molar refractivity (Wildman–Crippen MR) is 121 cm³/mol. The summed E-state index contributed by atoms with van der Waals surface area (Å²) >= 11 is 0. The van der Waals surface area contributed by atoms with Gasteiger partial charge in [0.2, 0.25) is 0 Å². The van der Waals surface area contributed by atoms with E-state index in [9.17, 15) is 4.79 Å². The monoisotopic (exact) mass is 419 g/mol. The third kappa shape index (κ3) is 4.20. The number of nitrogens with two attached hydrogens (primary N) is 1. The van der Waals surface area contributed by atoms with E-state index in [2.05, 4.69) is 37.1 Å². The summed E-state index contributed by atoms with van der Waals surface area (Å²) in [4.78, 5) is 29.9. The van der Waals surface area contributed by atoms with E-state index in [0.717, 1.165) is 11.4 Å². The molecule has 0 saturated carbocycles. The lowest BCUT2D eigenvalue weighted by Crippen LogP contribution is -2.12. The molecule has 32 heavy (non-hydrogen) atoms. The highest BCUT2D eigenvalue weighted by Gasteiger charge is 2.10. The van der Waals surface area contributed by atoms with Crippen LogP contribution in [0.2, 0.25) is 0 Å². The Morgan fingerprint density at radius 2 is 1.75 bits per heavy atom. The topological polar surface area (TPSA) is 130 Å². The van der Waals surface area contributed by atoms with E-state index in [4.69, 9.17) is 11.0 Å². The summed E-state index contributed by atoms with van der Waals surface area (Å²) in [6.07, 6.45) is 4.59. The zero-order chi connectivity index (χ0) is 22.7. The number of hydrogen-bond acceptors (Lipinski definition) is 7. The summed E-state index contributed by atoms with van der Waals surface area (Å²) in [5.74, 6) is 5.91. The first kappa shape index (κ1) is 20.5. The molecular formula is C24H17N7O. The van der Waals surface area contributed by atoms with Crippen LogP contribution in [0, 0.1) is 37.0 Å². The summed E-state index contributed by atoms with van der Waals surface area (Å²) in [7, 11) is 0. The molecule has 154 valence electrons. The number of anilines is 2. The summed E-state index contributed by atoms with van der Waals surface area (Å²) in [5, 5.41) is 11.6. The van der Waals surface area contributed by atoms with Crippen LogP contribution in [-0.2, 0) is 0 Å². The van der Waals surface area contributed by atoms with Gasteiger partial charge in [-0.1, -0.05) is 11.8 Å². The molecule has 0 aliphatic rings. The van der Waals surface area contributed by atoms with Crippen LogP contribution in [-0.4, -0.2) is 25.8 Å². The Morgan fingerprint density at radius 1 is 1.00 bits per heavy atom. The molecule has 3 heterocycles. The van der Waals surface area contributed by atoms with Gasteiger partial charge in [-0.05, 0) is 44.2 Å². The van der Waals surface area contributed by atoms with E-state index in [-0.39, 0.29) is 11.7 Å². The van der Waals surface area contributed by atoms with Crippen LogP contribution in [0.3, 0.4) is 0 Å². The lowest BCUT2D eigenvalue weighted by molar-refractivity contribution is 0.102. The first-order valence-corrected chi connectivity index (χ1v) is 9.62. The van der Waals surface area contributed by atoms with Gasteiger partial charge in [-0.3, -0.25) is 9.78 Å². The number of benzene rings is 1. The molecule has 0 unspecified atom stereocenters. The maximum absolute atomic E-state index is 12.6. The first-order valence-electron chi connectivity index (χ1n) is 9.62. The molecule has 0 atom stereocenters. The molecule has 0 fully saturated rings. The quantitative estimate of drug-likeness (QED) is 0.477. The van der Waals surface area contributed by atoms with Crippen molar-refractivity contribution < 1.29 is 4.79 Å². The van der Waals surface area contributed by atoms with Crippen molar-refractivity contribution in [3.05, 3.63) is 82.6 Å². The van der Waals surface area contributed by atoms with Crippen LogP contribution in [0.25, 0.3) is 11.0 Å². The summed E-state index contributed by atoms with van der Waals surface area (Å²) in [6.45, 7) is 3.75. The van der Waals surface area contributed by atoms with Gasteiger partial charge in [0.15, 0.2) is 0 Å². The van der Waals surface area contributed by atoms with E-state index < -0.39 is 0 Å². The normalized spacial score (nSPS) is 10.2. The van der Waals surface area contributed by atoms with E-state index in [0.29, 0.717) is 39.0 Å². The van der Waals surface area contributed by atoms with Crippen LogP contribution in [0.4, 0.5) is 11.5 Å². The van der Waals surface area contributed by atoms with Crippen molar-refractivity contribution in [2.24, 2.45) is 0 Å². The number of pyridine rings is 2. The summed E-state index contributed by atoms with van der Waals surface area (Å²) in [5.41, 5.74) is 11.3. The molecule has 0 aliphatic carbocycles. The van der Waals surface area contributed by atoms with Crippen molar-refractivity contribution in [3.8, 4) is 17.9 Å². The number of aromatic nitrogens is 4. The molecule has 3 aromatic heterocycles. The Kier molecular flexibility index (Phi) is 5.44. The third-order valence-corrected chi connectivity index (χ3v) is 4.76. The standard InChI is InChI=1S/C24H17N7O/c1-14-15(2)30-22-20(23(26)28-13-21(22)29-14)8-5-17-9-18(12-27-11-17)24(32)31-19-6-3-16(10-25)4-7-19/h3-4,6-7,9,11-13H,1-2H3,(H2,26,28)(H,31,32). The predicted octanol–water partition coefficient (Wildman–Crippen LogP) is 3.14. The second kappa shape index (κ2) is 8.50. The molecule has 4 rings (SSSR count). The SMILES string of the molecule is Cc1nc2cnc(N)c(C#Cc3cncc(C(=O)Nc4ccc(C#N)cc4)c3)c2nc1C. The Labute approximate surface area is 184 Å². The molecule has 3 N–H and O–H groups in total. The van der Waals surface area contributed by atoms with E-state index in [1.807, 2.05) is 19.9 Å². The van der Waals surface area contributed by atoms with E-state index >= 15 is 0 Å². The molecule has 0 spiro atoms. The summed E-state index contributed by atoms with van der Waals surface area (Å²) in [6, 6.07) is 10.3. The van der Waals surface area contributed by atoms with E-state index in [1.54, 1.807) is 42.7 Å². The molecule has 1 aromatic carbocycles. The Hall–Kier alpha value is -4.82. The van der Waals surface area contributed by atoms with Crippen molar-refractivity contribution in [3.63, 3.8) is 0 Å². The highest BCUT2D eigenvalue weighted by molar-refractivity contribution is 6.04. The fourth-order valence-electron chi connectivity index (χ4n) is 2.93. The van der Waals surface area contributed by atoms with Gasteiger partial charge in [-0.25, -0.2) is 15.0 Å². The smallest absolute Gasteiger partial charge is 0.257 e. The second-order valence-corrected chi connectivity index (χ2v) is 7.00. The highest BCUT2D eigenvalue weighted by Crippen LogP contribution is 2.20. The molecule has 8 heteroatoms. The van der Waals surface area contributed by atoms with Crippen molar-refractivity contribution in [1.82, 2.24) is 19.9 Å². The van der Waals surface area contributed by atoms with Crippen molar-refractivity contribution in [1.29, 1.82) is 5.26 Å². The maximum atomic E-state index is 12.6. The van der Waals surface area contributed by atoms with Gasteiger partial charge < -0.3 is 11.1 Å². The first-order chi connectivity index (χ1) is 15.4. The number of carbonyl (C=O) groups excluding carboxylic acids is 1. The number of carbonyl (C=O) groups is 1. The van der Waals surface area contributed by atoms with Gasteiger partial charge in [0.1, 0.15) is 16.9 Å². The minimum atomic E-state index is -0.339. The number of hydrogen-bond donors (Lipinski definition) is 2. The van der Waals surface area contributed by atoms with E-state index in [1.165, 1.54) is 6.20 Å². The largest absolute Gasteiger partial charge is 0.383 e. The van der Waals surface area contributed by atoms with Crippen LogP contribution >= 0.6 is 0 Å². The number of nitrogens with zero attached hydrogens (tertiary/aromatic N) is 5. The molecule has 0 bridgehead atoms. The number of amides is 1. The fraction of sp³-hybridized carbons (Fsp3) is 0.0833. The number of nitrogen functional groups attached to an aromatic ring is 1. The van der Waals surface area contributed by atoms with Crippen molar-refractivity contribution in [2.45, 2.75) is 13.8 Å². The van der Waals surface area contributed by atoms with Crippen molar-refractivity contribution in [2.75, 3.05) is 11.1 Å². The molecule has 4 aromatic rings. The third-order valence-electron chi connectivity index (χ3n) is 4.76. The number of rotatable bonds is 2. The molecular weight excluding hydrogens is 402 g/mol. The Balaban J connectivity index is 1.63. The average Bonchev–Trinajstić information content (AvgIpc) is 2.80. The second-order valence-electron chi connectivity index (χ2n) is 7.00. The average molecular weight is 419 g/mol. The molecule has 0 aliphatic heterocycles.